The number of aliphatic hydroxyl groups is 1. The summed E-state index contributed by atoms with van der Waals surface area (Å²) in [5.74, 6) is 0.203. The summed E-state index contributed by atoms with van der Waals surface area (Å²) >= 11 is 0. The number of Topliss-reactive ketones (excluding diaryl/α,β-unsaturated/α-hetero) is 1. The Balaban J connectivity index is 1.94. The molecule has 16 heavy (non-hydrogen) atoms. The lowest BCUT2D eigenvalue weighted by Crippen LogP contribution is -2.24. The molecule has 86 valence electrons. The zero-order chi connectivity index (χ0) is 11.5. The van der Waals surface area contributed by atoms with Crippen molar-refractivity contribution >= 4 is 5.78 Å². The maximum Gasteiger partial charge on any atom is 0.165 e. The average Bonchev–Trinajstić information content (AvgIpc) is 3.13. The number of benzene rings is 1. The van der Waals surface area contributed by atoms with Gasteiger partial charge in [0.05, 0.1) is 0 Å². The van der Waals surface area contributed by atoms with Crippen LogP contribution in [-0.2, 0) is 17.6 Å². The van der Waals surface area contributed by atoms with Crippen molar-refractivity contribution in [3.8, 4) is 0 Å². The molecule has 0 heterocycles. The van der Waals surface area contributed by atoms with Gasteiger partial charge in [-0.2, -0.15) is 0 Å². The third kappa shape index (κ3) is 2.70. The van der Waals surface area contributed by atoms with Gasteiger partial charge in [-0.3, -0.25) is 4.79 Å². The molecule has 1 unspecified atom stereocenters. The summed E-state index contributed by atoms with van der Waals surface area (Å²) in [6.07, 6.45) is 2.65. The highest BCUT2D eigenvalue weighted by Crippen LogP contribution is 2.33. The van der Waals surface area contributed by atoms with Crippen LogP contribution in [0.15, 0.2) is 24.3 Å². The SMILES string of the molecule is CCc1ccc(CC(=O)C(O)C2CC2)cc1. The van der Waals surface area contributed by atoms with Crippen LogP contribution in [0.5, 0.6) is 0 Å². The van der Waals surface area contributed by atoms with Crippen LogP contribution in [0.3, 0.4) is 0 Å². The minimum absolute atomic E-state index is 0.0354. The van der Waals surface area contributed by atoms with Crippen LogP contribution >= 0.6 is 0 Å². The third-order valence-corrected chi connectivity index (χ3v) is 3.21. The molecule has 0 aromatic heterocycles. The molecule has 1 aliphatic carbocycles. The molecule has 0 amide bonds. The smallest absolute Gasteiger partial charge is 0.165 e. The van der Waals surface area contributed by atoms with E-state index >= 15 is 0 Å². The highest BCUT2D eigenvalue weighted by molar-refractivity contribution is 5.85. The molecule has 1 N–H and O–H groups in total. The van der Waals surface area contributed by atoms with Gasteiger partial charge in [0.15, 0.2) is 5.78 Å². The first-order valence-electron chi connectivity index (χ1n) is 5.99. The van der Waals surface area contributed by atoms with E-state index in [9.17, 15) is 9.90 Å². The minimum Gasteiger partial charge on any atom is -0.385 e. The van der Waals surface area contributed by atoms with E-state index in [4.69, 9.17) is 0 Å². The lowest BCUT2D eigenvalue weighted by molar-refractivity contribution is -0.127. The fraction of sp³-hybridized carbons (Fsp3) is 0.500. The number of hydrogen-bond donors (Lipinski definition) is 1. The first-order chi connectivity index (χ1) is 7.70. The van der Waals surface area contributed by atoms with Crippen molar-refractivity contribution in [3.63, 3.8) is 0 Å². The molecule has 0 bridgehead atoms. The van der Waals surface area contributed by atoms with E-state index in [2.05, 4.69) is 6.92 Å². The lowest BCUT2D eigenvalue weighted by atomic mass is 10.0. The van der Waals surface area contributed by atoms with Gasteiger partial charge in [-0.25, -0.2) is 0 Å². The third-order valence-electron chi connectivity index (χ3n) is 3.21. The van der Waals surface area contributed by atoms with E-state index in [0.717, 1.165) is 24.8 Å². The molecule has 0 spiro atoms. The number of hydrogen-bond acceptors (Lipinski definition) is 2. The Morgan fingerprint density at radius 2 is 1.88 bits per heavy atom. The van der Waals surface area contributed by atoms with E-state index in [1.165, 1.54) is 5.56 Å². The van der Waals surface area contributed by atoms with Crippen molar-refractivity contribution in [1.82, 2.24) is 0 Å². The number of aryl methyl sites for hydroxylation is 1. The Hall–Kier alpha value is -1.15. The summed E-state index contributed by atoms with van der Waals surface area (Å²) in [7, 11) is 0. The van der Waals surface area contributed by atoms with Crippen molar-refractivity contribution in [1.29, 1.82) is 0 Å². The van der Waals surface area contributed by atoms with Crippen molar-refractivity contribution in [2.24, 2.45) is 5.92 Å². The minimum atomic E-state index is -0.731. The van der Waals surface area contributed by atoms with Gasteiger partial charge in [-0.1, -0.05) is 31.2 Å². The number of aliphatic hydroxyl groups excluding tert-OH is 1. The van der Waals surface area contributed by atoms with Crippen LogP contribution < -0.4 is 0 Å². The molecule has 0 radical (unpaired) electrons. The highest BCUT2D eigenvalue weighted by atomic mass is 16.3. The van der Waals surface area contributed by atoms with Gasteiger partial charge in [0, 0.05) is 6.42 Å². The second kappa shape index (κ2) is 4.79. The summed E-state index contributed by atoms with van der Waals surface area (Å²) in [6, 6.07) is 8.06. The number of rotatable bonds is 5. The Kier molecular flexibility index (Phi) is 3.39. The van der Waals surface area contributed by atoms with E-state index < -0.39 is 6.10 Å². The number of ketones is 1. The summed E-state index contributed by atoms with van der Waals surface area (Å²) in [5, 5.41) is 9.67. The first-order valence-corrected chi connectivity index (χ1v) is 5.99. The maximum atomic E-state index is 11.7. The molecule has 1 aromatic carbocycles. The van der Waals surface area contributed by atoms with Gasteiger partial charge < -0.3 is 5.11 Å². The Labute approximate surface area is 96.3 Å². The molecule has 1 saturated carbocycles. The predicted octanol–water partition coefficient (Wildman–Crippen LogP) is 2.13. The molecule has 1 atom stereocenters. The van der Waals surface area contributed by atoms with Crippen molar-refractivity contribution in [3.05, 3.63) is 35.4 Å². The molecule has 0 aliphatic heterocycles. The van der Waals surface area contributed by atoms with Crippen molar-refractivity contribution < 1.29 is 9.90 Å². The zero-order valence-electron chi connectivity index (χ0n) is 9.65. The first kappa shape index (κ1) is 11.3. The summed E-state index contributed by atoms with van der Waals surface area (Å²) < 4.78 is 0. The van der Waals surface area contributed by atoms with E-state index in [1.807, 2.05) is 24.3 Å². The normalized spacial score (nSPS) is 17.1. The number of carbonyl (C=O) groups is 1. The lowest BCUT2D eigenvalue weighted by Gasteiger charge is -2.08. The van der Waals surface area contributed by atoms with Crippen molar-refractivity contribution in [2.45, 2.75) is 38.7 Å². The summed E-state index contributed by atoms with van der Waals surface area (Å²) in [6.45, 7) is 2.11. The average molecular weight is 218 g/mol. The molecule has 2 nitrogen and oxygen atoms in total. The largest absolute Gasteiger partial charge is 0.385 e. The van der Waals surface area contributed by atoms with Gasteiger partial charge in [-0.05, 0) is 36.3 Å². The topological polar surface area (TPSA) is 37.3 Å². The van der Waals surface area contributed by atoms with Crippen LogP contribution in [0.4, 0.5) is 0 Å². The van der Waals surface area contributed by atoms with Crippen LogP contribution in [0.2, 0.25) is 0 Å². The number of carbonyl (C=O) groups excluding carboxylic acids is 1. The molecular formula is C14H18O2. The van der Waals surface area contributed by atoms with Crippen molar-refractivity contribution in [2.75, 3.05) is 0 Å². The monoisotopic (exact) mass is 218 g/mol. The molecule has 2 rings (SSSR count). The molecule has 0 saturated heterocycles. The van der Waals surface area contributed by atoms with Crippen LogP contribution in [0, 0.1) is 5.92 Å². The fourth-order valence-corrected chi connectivity index (χ4v) is 1.87. The Bertz CT molecular complexity index is 363. The van der Waals surface area contributed by atoms with Gasteiger partial charge in [0.1, 0.15) is 6.10 Å². The molecule has 2 heteroatoms. The molecule has 1 aliphatic rings. The maximum absolute atomic E-state index is 11.7. The van der Waals surface area contributed by atoms with E-state index in [1.54, 1.807) is 0 Å². The van der Waals surface area contributed by atoms with Crippen LogP contribution in [0.1, 0.15) is 30.9 Å². The Morgan fingerprint density at radius 1 is 1.31 bits per heavy atom. The quantitative estimate of drug-likeness (QED) is 0.822. The van der Waals surface area contributed by atoms with E-state index in [-0.39, 0.29) is 11.7 Å². The van der Waals surface area contributed by atoms with Gasteiger partial charge in [0.2, 0.25) is 0 Å². The standard InChI is InChI=1S/C14H18O2/c1-2-10-3-5-11(6-4-10)9-13(15)14(16)12-7-8-12/h3-6,12,14,16H,2,7-9H2,1H3. The predicted molar refractivity (Wildman–Crippen MR) is 63.3 cm³/mol. The summed E-state index contributed by atoms with van der Waals surface area (Å²) in [4.78, 5) is 11.7. The Morgan fingerprint density at radius 3 is 2.38 bits per heavy atom. The van der Waals surface area contributed by atoms with E-state index in [0.29, 0.717) is 6.42 Å². The van der Waals surface area contributed by atoms with Gasteiger partial charge in [-0.15, -0.1) is 0 Å². The van der Waals surface area contributed by atoms with Crippen LogP contribution in [0.25, 0.3) is 0 Å². The second-order valence-corrected chi connectivity index (χ2v) is 4.60. The summed E-state index contributed by atoms with van der Waals surface area (Å²) in [5.41, 5.74) is 2.28. The molecule has 1 fully saturated rings. The van der Waals surface area contributed by atoms with Crippen LogP contribution in [-0.4, -0.2) is 17.0 Å². The second-order valence-electron chi connectivity index (χ2n) is 4.60. The fourth-order valence-electron chi connectivity index (χ4n) is 1.87. The molecular weight excluding hydrogens is 200 g/mol. The van der Waals surface area contributed by atoms with Gasteiger partial charge in [0.25, 0.3) is 0 Å². The van der Waals surface area contributed by atoms with Gasteiger partial charge >= 0.3 is 0 Å². The highest BCUT2D eigenvalue weighted by Gasteiger charge is 2.34. The zero-order valence-corrected chi connectivity index (χ0v) is 9.65. The molecule has 1 aromatic rings.